The molecule has 0 radical (unpaired) electrons. The van der Waals surface area contributed by atoms with Gasteiger partial charge in [0.05, 0.1) is 26.0 Å². The molecule has 1 amide bonds. The number of hydrazone groups is 1. The number of hydrogen-bond donors (Lipinski definition) is 0. The van der Waals surface area contributed by atoms with E-state index in [0.717, 1.165) is 11.1 Å². The van der Waals surface area contributed by atoms with Crippen molar-refractivity contribution in [1.82, 2.24) is 5.01 Å². The van der Waals surface area contributed by atoms with E-state index in [9.17, 15) is 18.0 Å². The summed E-state index contributed by atoms with van der Waals surface area (Å²) in [6, 6.07) is 11.3. The second-order valence-electron chi connectivity index (χ2n) is 7.02. The second-order valence-corrected chi connectivity index (χ2v) is 7.02. The summed E-state index contributed by atoms with van der Waals surface area (Å²) in [4.78, 5) is 12.2. The summed E-state index contributed by atoms with van der Waals surface area (Å²) in [7, 11) is 3.04. The van der Waals surface area contributed by atoms with E-state index >= 15 is 0 Å². The fourth-order valence-electron chi connectivity index (χ4n) is 4.05. The smallest absolute Gasteiger partial charge is 0.473 e. The molecule has 0 bridgehead atoms. The number of benzene rings is 2. The third-order valence-electron chi connectivity index (χ3n) is 5.44. The van der Waals surface area contributed by atoms with Crippen LogP contribution in [0, 0.1) is 5.92 Å². The summed E-state index contributed by atoms with van der Waals surface area (Å²) in [6.07, 6.45) is -3.74. The van der Waals surface area contributed by atoms with Gasteiger partial charge < -0.3 is 9.47 Å². The van der Waals surface area contributed by atoms with Crippen LogP contribution in [0.2, 0.25) is 0 Å². The molecule has 0 fully saturated rings. The maximum Gasteiger partial charge on any atom is 0.473 e. The predicted molar refractivity (Wildman–Crippen MR) is 100.0 cm³/mol. The van der Waals surface area contributed by atoms with Crippen LogP contribution in [0.5, 0.6) is 11.5 Å². The van der Waals surface area contributed by atoms with Crippen molar-refractivity contribution in [2.24, 2.45) is 11.0 Å². The lowest BCUT2D eigenvalue weighted by Gasteiger charge is -2.30. The van der Waals surface area contributed by atoms with Crippen LogP contribution < -0.4 is 9.47 Å². The van der Waals surface area contributed by atoms with Crippen LogP contribution in [-0.4, -0.2) is 37.0 Å². The summed E-state index contributed by atoms with van der Waals surface area (Å²) in [6.45, 7) is 0. The number of aryl methyl sites for hydroxylation is 1. The molecule has 29 heavy (non-hydrogen) atoms. The summed E-state index contributed by atoms with van der Waals surface area (Å²) in [5.74, 6) is -1.13. The molecule has 0 saturated heterocycles. The summed E-state index contributed by atoms with van der Waals surface area (Å²) < 4.78 is 50.3. The van der Waals surface area contributed by atoms with Crippen LogP contribution in [0.4, 0.5) is 13.2 Å². The summed E-state index contributed by atoms with van der Waals surface area (Å²) >= 11 is 0. The van der Waals surface area contributed by atoms with Crippen molar-refractivity contribution in [3.05, 3.63) is 59.2 Å². The quantitative estimate of drug-likeness (QED) is 0.774. The first-order chi connectivity index (χ1) is 13.8. The zero-order chi connectivity index (χ0) is 20.8. The van der Waals surface area contributed by atoms with Crippen LogP contribution in [0.15, 0.2) is 47.6 Å². The molecule has 8 heteroatoms. The number of alkyl halides is 3. The molecule has 1 heterocycles. The fraction of sp³-hybridized carbons (Fsp3) is 0.333. The van der Waals surface area contributed by atoms with Crippen LogP contribution in [0.3, 0.4) is 0 Å². The van der Waals surface area contributed by atoms with Crippen molar-refractivity contribution in [3.8, 4) is 11.5 Å². The largest absolute Gasteiger partial charge is 0.497 e. The number of carbonyl (C=O) groups excluding carboxylic acids is 1. The number of halogens is 3. The van der Waals surface area contributed by atoms with Gasteiger partial charge in [-0.1, -0.05) is 18.2 Å². The van der Waals surface area contributed by atoms with Crippen molar-refractivity contribution < 1.29 is 27.4 Å². The molecule has 2 aromatic carbocycles. The van der Waals surface area contributed by atoms with Crippen LogP contribution in [0.25, 0.3) is 0 Å². The molecule has 2 atom stereocenters. The van der Waals surface area contributed by atoms with E-state index in [1.807, 2.05) is 12.1 Å². The number of ether oxygens (including phenoxy) is 2. The molecule has 0 saturated carbocycles. The fourth-order valence-corrected chi connectivity index (χ4v) is 4.05. The Morgan fingerprint density at radius 3 is 2.34 bits per heavy atom. The van der Waals surface area contributed by atoms with Crippen LogP contribution >= 0.6 is 0 Å². The van der Waals surface area contributed by atoms with E-state index in [2.05, 4.69) is 5.10 Å². The average molecular weight is 404 g/mol. The molecule has 0 aromatic heterocycles. The van der Waals surface area contributed by atoms with Gasteiger partial charge in [0.2, 0.25) is 0 Å². The van der Waals surface area contributed by atoms with E-state index in [1.165, 1.54) is 14.2 Å². The average Bonchev–Trinajstić information content (AvgIpc) is 3.12. The van der Waals surface area contributed by atoms with Crippen molar-refractivity contribution in [1.29, 1.82) is 0 Å². The Morgan fingerprint density at radius 1 is 1.07 bits per heavy atom. The van der Waals surface area contributed by atoms with Crippen LogP contribution in [0.1, 0.15) is 29.2 Å². The first-order valence-corrected chi connectivity index (χ1v) is 9.13. The van der Waals surface area contributed by atoms with Gasteiger partial charge in [0.1, 0.15) is 11.5 Å². The Balaban J connectivity index is 1.81. The van der Waals surface area contributed by atoms with Gasteiger partial charge in [-0.25, -0.2) is 5.01 Å². The highest BCUT2D eigenvalue weighted by Crippen LogP contribution is 2.45. The van der Waals surface area contributed by atoms with Crippen molar-refractivity contribution in [2.75, 3.05) is 14.2 Å². The van der Waals surface area contributed by atoms with Gasteiger partial charge in [-0.2, -0.15) is 18.3 Å². The summed E-state index contributed by atoms with van der Waals surface area (Å²) in [5, 5.41) is 4.78. The normalized spacial score (nSPS) is 20.6. The SMILES string of the molecule is COc1ccc([C@H]2[C@H]3CCc4ccc(OC)cc4C3=NN2C(=O)C(F)(F)F)cc1. The Hall–Kier alpha value is -3.03. The van der Waals surface area contributed by atoms with Crippen molar-refractivity contribution in [3.63, 3.8) is 0 Å². The lowest BCUT2D eigenvalue weighted by atomic mass is 9.77. The molecule has 1 aliphatic heterocycles. The highest BCUT2D eigenvalue weighted by Gasteiger charge is 2.51. The van der Waals surface area contributed by atoms with Crippen molar-refractivity contribution in [2.45, 2.75) is 25.1 Å². The number of fused-ring (bicyclic) bond motifs is 3. The number of rotatable bonds is 3. The summed E-state index contributed by atoms with van der Waals surface area (Å²) in [5.41, 5.74) is 2.79. The third kappa shape index (κ3) is 3.32. The van der Waals surface area contributed by atoms with E-state index in [4.69, 9.17) is 9.47 Å². The first kappa shape index (κ1) is 19.3. The maximum absolute atomic E-state index is 13.3. The second kappa shape index (κ2) is 7.09. The molecule has 5 nitrogen and oxygen atoms in total. The Bertz CT molecular complexity index is 970. The van der Waals surface area contributed by atoms with E-state index in [-0.39, 0.29) is 5.92 Å². The first-order valence-electron chi connectivity index (χ1n) is 9.13. The standard InChI is InChI=1S/C21H19F3N2O3/c1-28-14-7-4-13(5-8-14)19-16-10-6-12-3-9-15(29-2)11-17(12)18(16)25-26(19)20(27)21(22,23)24/h3-5,7-9,11,16,19H,6,10H2,1-2H3/t16-,19-/m0/s1. The monoisotopic (exact) mass is 404 g/mol. The lowest BCUT2D eigenvalue weighted by Crippen LogP contribution is -2.40. The Kier molecular flexibility index (Phi) is 4.72. The minimum Gasteiger partial charge on any atom is -0.497 e. The van der Waals surface area contributed by atoms with E-state index in [1.54, 1.807) is 30.3 Å². The number of nitrogens with zero attached hydrogens (tertiary/aromatic N) is 2. The molecule has 152 valence electrons. The molecule has 0 unspecified atom stereocenters. The third-order valence-corrected chi connectivity index (χ3v) is 5.44. The van der Waals surface area contributed by atoms with E-state index in [0.29, 0.717) is 40.6 Å². The van der Waals surface area contributed by atoms with Gasteiger partial charge in [-0.15, -0.1) is 0 Å². The molecule has 0 spiro atoms. The molecule has 1 aliphatic carbocycles. The number of carbonyl (C=O) groups is 1. The minimum absolute atomic E-state index is 0.339. The topological polar surface area (TPSA) is 51.1 Å². The number of methoxy groups -OCH3 is 2. The predicted octanol–water partition coefficient (Wildman–Crippen LogP) is 4.12. The Labute approximate surface area is 165 Å². The van der Waals surface area contributed by atoms with Gasteiger partial charge in [-0.3, -0.25) is 4.79 Å². The number of hydrogen-bond acceptors (Lipinski definition) is 4. The molecule has 4 rings (SSSR count). The zero-order valence-electron chi connectivity index (χ0n) is 15.9. The van der Waals surface area contributed by atoms with Gasteiger partial charge in [0.15, 0.2) is 0 Å². The van der Waals surface area contributed by atoms with Gasteiger partial charge >= 0.3 is 12.1 Å². The van der Waals surface area contributed by atoms with Gasteiger partial charge in [0.25, 0.3) is 0 Å². The maximum atomic E-state index is 13.3. The molecule has 2 aromatic rings. The van der Waals surface area contributed by atoms with E-state index < -0.39 is 18.1 Å². The highest BCUT2D eigenvalue weighted by atomic mass is 19.4. The highest BCUT2D eigenvalue weighted by molar-refractivity contribution is 6.07. The molecular formula is C21H19F3N2O3. The van der Waals surface area contributed by atoms with Gasteiger partial charge in [0, 0.05) is 11.5 Å². The van der Waals surface area contributed by atoms with Crippen molar-refractivity contribution >= 4 is 11.6 Å². The Morgan fingerprint density at radius 2 is 1.72 bits per heavy atom. The molecule has 2 aliphatic rings. The zero-order valence-corrected chi connectivity index (χ0v) is 15.9. The number of amides is 1. The molecule has 0 N–H and O–H groups in total. The molecular weight excluding hydrogens is 385 g/mol. The van der Waals surface area contributed by atoms with Crippen LogP contribution in [-0.2, 0) is 11.2 Å². The minimum atomic E-state index is -5.01. The lowest BCUT2D eigenvalue weighted by molar-refractivity contribution is -0.188. The van der Waals surface area contributed by atoms with Gasteiger partial charge in [-0.05, 0) is 48.2 Å².